The number of rotatable bonds is 6. The second-order valence-electron chi connectivity index (χ2n) is 7.57. The van der Waals surface area contributed by atoms with Crippen LogP contribution in [-0.2, 0) is 9.47 Å². The monoisotopic (exact) mass is 283 g/mol. The molecule has 0 aromatic rings. The van der Waals surface area contributed by atoms with Gasteiger partial charge in [0, 0.05) is 32.9 Å². The molecule has 2 rings (SSSR count). The predicted octanol–water partition coefficient (Wildman–Crippen LogP) is 3.52. The van der Waals surface area contributed by atoms with Crippen molar-refractivity contribution in [3.63, 3.8) is 0 Å². The second-order valence-corrected chi connectivity index (χ2v) is 7.57. The minimum atomic E-state index is 0.213. The summed E-state index contributed by atoms with van der Waals surface area (Å²) in [6, 6.07) is 0.642. The van der Waals surface area contributed by atoms with E-state index in [-0.39, 0.29) is 5.60 Å². The highest BCUT2D eigenvalue weighted by molar-refractivity contribution is 4.92. The van der Waals surface area contributed by atoms with Crippen molar-refractivity contribution in [3.05, 3.63) is 0 Å². The Kier molecular flexibility index (Phi) is 5.88. The van der Waals surface area contributed by atoms with E-state index in [1.165, 1.54) is 44.9 Å². The van der Waals surface area contributed by atoms with Crippen molar-refractivity contribution in [3.8, 4) is 0 Å². The Hall–Kier alpha value is -0.120. The molecule has 118 valence electrons. The van der Waals surface area contributed by atoms with Gasteiger partial charge in [-0.3, -0.25) is 0 Å². The van der Waals surface area contributed by atoms with Crippen LogP contribution in [0.5, 0.6) is 0 Å². The topological polar surface area (TPSA) is 30.5 Å². The molecule has 0 radical (unpaired) electrons. The Morgan fingerprint density at radius 1 is 1.25 bits per heavy atom. The van der Waals surface area contributed by atoms with Crippen LogP contribution in [0, 0.1) is 5.41 Å². The van der Waals surface area contributed by atoms with Gasteiger partial charge in [0.15, 0.2) is 0 Å². The van der Waals surface area contributed by atoms with Crippen LogP contribution in [0.4, 0.5) is 0 Å². The zero-order valence-electron chi connectivity index (χ0n) is 13.7. The second kappa shape index (κ2) is 7.24. The first kappa shape index (κ1) is 16.3. The van der Waals surface area contributed by atoms with Crippen molar-refractivity contribution in [2.75, 3.05) is 26.9 Å². The number of ether oxygens (including phenoxy) is 2. The molecule has 1 heterocycles. The van der Waals surface area contributed by atoms with Gasteiger partial charge in [0.2, 0.25) is 0 Å². The van der Waals surface area contributed by atoms with Crippen molar-refractivity contribution in [2.45, 2.75) is 76.9 Å². The molecule has 1 aliphatic carbocycles. The van der Waals surface area contributed by atoms with Gasteiger partial charge in [-0.15, -0.1) is 0 Å². The van der Waals surface area contributed by atoms with Gasteiger partial charge in [0.25, 0.3) is 0 Å². The minimum absolute atomic E-state index is 0.213. The maximum Gasteiger partial charge on any atom is 0.0697 e. The van der Waals surface area contributed by atoms with Gasteiger partial charge in [-0.05, 0) is 37.5 Å². The minimum Gasteiger partial charge on any atom is -0.385 e. The summed E-state index contributed by atoms with van der Waals surface area (Å²) >= 11 is 0. The lowest BCUT2D eigenvalue weighted by Crippen LogP contribution is -2.49. The van der Waals surface area contributed by atoms with Gasteiger partial charge in [-0.25, -0.2) is 0 Å². The van der Waals surface area contributed by atoms with E-state index < -0.39 is 0 Å². The first-order valence-corrected chi connectivity index (χ1v) is 8.42. The third kappa shape index (κ3) is 4.71. The normalized spacial score (nSPS) is 26.9. The Labute approximate surface area is 124 Å². The molecule has 0 aromatic carbocycles. The van der Waals surface area contributed by atoms with Gasteiger partial charge in [-0.1, -0.05) is 33.1 Å². The number of methoxy groups -OCH3 is 1. The summed E-state index contributed by atoms with van der Waals surface area (Å²) in [5, 5.41) is 3.81. The highest BCUT2D eigenvalue weighted by atomic mass is 16.5. The fraction of sp³-hybridized carbons (Fsp3) is 1.00. The SMILES string of the molecule is COCCC(C)(C)CNC1CCOC2(CCCCC2)C1. The van der Waals surface area contributed by atoms with Crippen LogP contribution in [-0.4, -0.2) is 38.5 Å². The van der Waals surface area contributed by atoms with Crippen LogP contribution in [0.15, 0.2) is 0 Å². The summed E-state index contributed by atoms with van der Waals surface area (Å²) in [6.07, 6.45) is 10.2. The summed E-state index contributed by atoms with van der Waals surface area (Å²) in [4.78, 5) is 0. The Morgan fingerprint density at radius 3 is 2.70 bits per heavy atom. The van der Waals surface area contributed by atoms with Crippen LogP contribution in [0.25, 0.3) is 0 Å². The quantitative estimate of drug-likeness (QED) is 0.809. The maximum absolute atomic E-state index is 6.17. The summed E-state index contributed by atoms with van der Waals surface area (Å²) in [5.74, 6) is 0. The lowest BCUT2D eigenvalue weighted by Gasteiger charge is -2.44. The number of hydrogen-bond donors (Lipinski definition) is 1. The van der Waals surface area contributed by atoms with Gasteiger partial charge in [0.1, 0.15) is 0 Å². The number of nitrogens with one attached hydrogen (secondary N) is 1. The molecule has 1 unspecified atom stereocenters. The van der Waals surface area contributed by atoms with Crippen LogP contribution >= 0.6 is 0 Å². The van der Waals surface area contributed by atoms with Crippen molar-refractivity contribution in [2.24, 2.45) is 5.41 Å². The van der Waals surface area contributed by atoms with Crippen molar-refractivity contribution in [1.29, 1.82) is 0 Å². The largest absolute Gasteiger partial charge is 0.385 e. The summed E-state index contributed by atoms with van der Waals surface area (Å²) in [7, 11) is 1.79. The average Bonchev–Trinajstić information content (AvgIpc) is 2.44. The van der Waals surface area contributed by atoms with Gasteiger partial charge >= 0.3 is 0 Å². The Balaban J connectivity index is 1.78. The van der Waals surface area contributed by atoms with Crippen molar-refractivity contribution in [1.82, 2.24) is 5.32 Å². The molecule has 0 amide bonds. The molecule has 1 atom stereocenters. The molecule has 0 bridgehead atoms. The summed E-state index contributed by atoms with van der Waals surface area (Å²) in [5.41, 5.74) is 0.527. The maximum atomic E-state index is 6.17. The molecule has 20 heavy (non-hydrogen) atoms. The highest BCUT2D eigenvalue weighted by Crippen LogP contribution is 2.38. The Bertz CT molecular complexity index is 279. The van der Waals surface area contributed by atoms with E-state index in [9.17, 15) is 0 Å². The third-order valence-corrected chi connectivity index (χ3v) is 5.11. The molecule has 1 N–H and O–H groups in total. The summed E-state index contributed by atoms with van der Waals surface area (Å²) < 4.78 is 11.4. The van der Waals surface area contributed by atoms with E-state index in [1.54, 1.807) is 7.11 Å². The molecule has 1 saturated heterocycles. The van der Waals surface area contributed by atoms with E-state index in [0.717, 1.165) is 26.2 Å². The van der Waals surface area contributed by atoms with Crippen molar-refractivity contribution >= 4 is 0 Å². The zero-order chi connectivity index (χ0) is 14.5. The molecule has 2 fully saturated rings. The molecule has 0 aromatic heterocycles. The standard InChI is InChI=1S/C17H33NO2/c1-16(2,10-12-19-3)14-18-15-7-11-20-17(13-15)8-5-4-6-9-17/h15,18H,4-14H2,1-3H3. The first-order chi connectivity index (χ1) is 9.55. The van der Waals surface area contributed by atoms with E-state index in [2.05, 4.69) is 19.2 Å². The molecule has 2 aliphatic rings. The lowest BCUT2D eigenvalue weighted by atomic mass is 9.78. The predicted molar refractivity (Wildman–Crippen MR) is 83.1 cm³/mol. The molecule has 1 aliphatic heterocycles. The first-order valence-electron chi connectivity index (χ1n) is 8.42. The van der Waals surface area contributed by atoms with Crippen LogP contribution in [0.1, 0.15) is 65.2 Å². The smallest absolute Gasteiger partial charge is 0.0697 e. The molecular weight excluding hydrogens is 250 g/mol. The van der Waals surface area contributed by atoms with Gasteiger partial charge < -0.3 is 14.8 Å². The van der Waals surface area contributed by atoms with E-state index >= 15 is 0 Å². The van der Waals surface area contributed by atoms with Crippen LogP contribution in [0.3, 0.4) is 0 Å². The number of hydrogen-bond acceptors (Lipinski definition) is 3. The highest BCUT2D eigenvalue weighted by Gasteiger charge is 2.38. The zero-order valence-corrected chi connectivity index (χ0v) is 13.7. The fourth-order valence-electron chi connectivity index (χ4n) is 3.63. The van der Waals surface area contributed by atoms with Gasteiger partial charge in [0.05, 0.1) is 5.60 Å². The molecular formula is C17H33NO2. The third-order valence-electron chi connectivity index (χ3n) is 5.11. The van der Waals surface area contributed by atoms with E-state index in [0.29, 0.717) is 11.5 Å². The van der Waals surface area contributed by atoms with Crippen molar-refractivity contribution < 1.29 is 9.47 Å². The molecule has 3 nitrogen and oxygen atoms in total. The average molecular weight is 283 g/mol. The van der Waals surface area contributed by atoms with E-state index in [1.807, 2.05) is 0 Å². The molecule has 3 heteroatoms. The fourth-order valence-corrected chi connectivity index (χ4v) is 3.63. The molecule has 1 spiro atoms. The van der Waals surface area contributed by atoms with Gasteiger partial charge in [-0.2, -0.15) is 0 Å². The lowest BCUT2D eigenvalue weighted by molar-refractivity contribution is -0.109. The van der Waals surface area contributed by atoms with Crippen LogP contribution < -0.4 is 5.32 Å². The Morgan fingerprint density at radius 2 is 2.00 bits per heavy atom. The molecule has 1 saturated carbocycles. The van der Waals surface area contributed by atoms with E-state index in [4.69, 9.17) is 9.47 Å². The van der Waals surface area contributed by atoms with Crippen LogP contribution in [0.2, 0.25) is 0 Å². The summed E-state index contributed by atoms with van der Waals surface area (Å²) in [6.45, 7) is 7.53.